The lowest BCUT2D eigenvalue weighted by Gasteiger charge is -2.75. The molecule has 4 aliphatic carbocycles. The molecule has 0 amide bonds. The first-order valence-electron chi connectivity index (χ1n) is 17.4. The molecule has 2 saturated heterocycles. The summed E-state index contributed by atoms with van der Waals surface area (Å²) in [5.74, 6) is -4.61. The van der Waals surface area contributed by atoms with Crippen LogP contribution in [0.25, 0.3) is 0 Å². The van der Waals surface area contributed by atoms with Crippen LogP contribution in [0.2, 0.25) is 0 Å². The largest absolute Gasteiger partial charge is 0.472 e. The molecule has 0 unspecified atom stereocenters. The molecule has 266 valence electrons. The van der Waals surface area contributed by atoms with E-state index >= 15 is 0 Å². The highest BCUT2D eigenvalue weighted by Crippen LogP contribution is 2.88. The van der Waals surface area contributed by atoms with E-state index in [2.05, 4.69) is 0 Å². The first kappa shape index (κ1) is 33.1. The third-order valence-electron chi connectivity index (χ3n) is 14.5. The highest BCUT2D eigenvalue weighted by Gasteiger charge is 3.02. The summed E-state index contributed by atoms with van der Waals surface area (Å²) in [6, 6.07) is 1.75. The standard InChI is InChI=1S/C37H46O12/c1-9-19(3)27(40)46-28-31(6)18-33(41)32(7,22(31)15-24(38)43-8)34-13-12-30(5)23(16-25(39)45-26(30)21-11-14-44-17-21)36(34)29(35(28,33)42)47-37(48-34,49-36)20(4)10-2/h9,11,14,16-17,20,22,26,28-29,41-42H,10,12-13,15,18H2,1-8H3/t20-,22+,26+,28+,29-,30-,31-,32-,33-,34+,35+,36-,37+/m1/s1. The third-order valence-corrected chi connectivity index (χ3v) is 14.5. The Morgan fingerprint density at radius 2 is 1.90 bits per heavy atom. The van der Waals surface area contributed by atoms with Crippen molar-refractivity contribution in [1.82, 2.24) is 0 Å². The summed E-state index contributed by atoms with van der Waals surface area (Å²) in [7, 11) is 1.30. The molecule has 6 fully saturated rings. The molecular weight excluding hydrogens is 636 g/mol. The Hall–Kier alpha value is -3.03. The predicted octanol–water partition coefficient (Wildman–Crippen LogP) is 4.19. The molecule has 4 saturated carbocycles. The molecule has 12 heteroatoms. The SMILES string of the molecule is CC=C(C)C(=O)O[C@H]1[C@]2(C)C[C@]3(O)[C@@]1(O)[C@H]1O[C@@]4([C@H](C)CC)O[C@@]5(CC[C@]6(C)C(=CC(=O)O[C@H]6c6ccoc6)[C@@]15O4)[C@]3(C)[C@H]2CC(=O)OC. The van der Waals surface area contributed by atoms with Gasteiger partial charge in [0.15, 0.2) is 11.2 Å². The van der Waals surface area contributed by atoms with E-state index < -0.39 is 86.8 Å². The number of methoxy groups -OCH3 is 1. The van der Waals surface area contributed by atoms with Crippen LogP contribution in [-0.2, 0) is 42.8 Å². The molecule has 1 spiro atoms. The molecule has 12 nitrogen and oxygen atoms in total. The van der Waals surface area contributed by atoms with Gasteiger partial charge in [-0.05, 0) is 57.1 Å². The number of carbonyl (C=O) groups excluding carboxylic acids is 3. The van der Waals surface area contributed by atoms with Gasteiger partial charge in [-0.25, -0.2) is 9.59 Å². The lowest BCUT2D eigenvalue weighted by atomic mass is 9.35. The van der Waals surface area contributed by atoms with Crippen LogP contribution >= 0.6 is 0 Å². The molecule has 2 N–H and O–H groups in total. The number of aliphatic hydroxyl groups is 2. The van der Waals surface area contributed by atoms with Crippen LogP contribution in [0.1, 0.15) is 92.2 Å². The molecule has 4 bridgehead atoms. The van der Waals surface area contributed by atoms with E-state index in [4.69, 9.17) is 32.8 Å². The lowest BCUT2D eigenvalue weighted by Crippen LogP contribution is -2.92. The van der Waals surface area contributed by atoms with E-state index in [1.807, 2.05) is 34.6 Å². The van der Waals surface area contributed by atoms with Gasteiger partial charge in [-0.15, -0.1) is 0 Å². The van der Waals surface area contributed by atoms with Crippen molar-refractivity contribution in [1.29, 1.82) is 0 Å². The Kier molecular flexibility index (Phi) is 6.52. The van der Waals surface area contributed by atoms with E-state index in [9.17, 15) is 24.6 Å². The fourth-order valence-electron chi connectivity index (χ4n) is 11.9. The zero-order chi connectivity index (χ0) is 35.4. The summed E-state index contributed by atoms with van der Waals surface area (Å²) in [6.45, 7) is 12.9. The topological polar surface area (TPSA) is 160 Å². The number of rotatable bonds is 7. The van der Waals surface area contributed by atoms with Gasteiger partial charge in [0.2, 0.25) is 0 Å². The summed E-state index contributed by atoms with van der Waals surface area (Å²) in [6.07, 6.45) is 3.74. The van der Waals surface area contributed by atoms with E-state index in [0.717, 1.165) is 0 Å². The lowest BCUT2D eigenvalue weighted by molar-refractivity contribution is -0.455. The minimum Gasteiger partial charge on any atom is -0.472 e. The van der Waals surface area contributed by atoms with Crippen LogP contribution in [0.15, 0.2) is 46.3 Å². The Labute approximate surface area is 285 Å². The van der Waals surface area contributed by atoms with Crippen LogP contribution in [0.3, 0.4) is 0 Å². The summed E-state index contributed by atoms with van der Waals surface area (Å²) in [5, 5.41) is 26.9. The fourth-order valence-corrected chi connectivity index (χ4v) is 11.9. The minimum atomic E-state index is -2.28. The number of carbonyl (C=O) groups is 3. The zero-order valence-electron chi connectivity index (χ0n) is 29.3. The molecule has 49 heavy (non-hydrogen) atoms. The van der Waals surface area contributed by atoms with Crippen molar-refractivity contribution in [3.05, 3.63) is 47.5 Å². The number of fused-ring (bicyclic) bond motifs is 4. The average Bonchev–Trinajstić information content (AvgIpc) is 3.86. The molecule has 8 rings (SSSR count). The van der Waals surface area contributed by atoms with Gasteiger partial charge < -0.3 is 43.1 Å². The van der Waals surface area contributed by atoms with Crippen molar-refractivity contribution >= 4 is 17.9 Å². The first-order chi connectivity index (χ1) is 23.0. The summed E-state index contributed by atoms with van der Waals surface area (Å²) in [5.41, 5.74) is -9.36. The van der Waals surface area contributed by atoms with Crippen molar-refractivity contribution in [2.24, 2.45) is 28.1 Å². The molecule has 7 aliphatic rings. The van der Waals surface area contributed by atoms with Gasteiger partial charge in [0, 0.05) is 45.8 Å². The van der Waals surface area contributed by atoms with Crippen LogP contribution in [0.5, 0.6) is 0 Å². The number of allylic oxidation sites excluding steroid dienone is 1. The maximum atomic E-state index is 13.7. The van der Waals surface area contributed by atoms with Crippen LogP contribution in [0.4, 0.5) is 0 Å². The Morgan fingerprint density at radius 1 is 1.16 bits per heavy atom. The van der Waals surface area contributed by atoms with E-state index in [-0.39, 0.29) is 18.8 Å². The van der Waals surface area contributed by atoms with Crippen molar-refractivity contribution < 1.29 is 57.4 Å². The van der Waals surface area contributed by atoms with Crippen molar-refractivity contribution in [3.8, 4) is 0 Å². The summed E-state index contributed by atoms with van der Waals surface area (Å²) >= 11 is 0. The van der Waals surface area contributed by atoms with Gasteiger partial charge in [0.25, 0.3) is 5.97 Å². The van der Waals surface area contributed by atoms with Gasteiger partial charge >= 0.3 is 17.9 Å². The van der Waals surface area contributed by atoms with Crippen LogP contribution < -0.4 is 0 Å². The Morgan fingerprint density at radius 3 is 2.53 bits per heavy atom. The smallest absolute Gasteiger partial charge is 0.333 e. The molecule has 1 aromatic heterocycles. The molecule has 0 aromatic carbocycles. The average molecular weight is 683 g/mol. The van der Waals surface area contributed by atoms with E-state index in [0.29, 0.717) is 36.0 Å². The number of furan rings is 1. The summed E-state index contributed by atoms with van der Waals surface area (Å²) in [4.78, 5) is 40.6. The molecular formula is C37H46O12. The maximum Gasteiger partial charge on any atom is 0.333 e. The Balaban J connectivity index is 1.44. The van der Waals surface area contributed by atoms with Crippen LogP contribution in [0, 0.1) is 28.1 Å². The third kappa shape index (κ3) is 3.24. The molecule has 1 aromatic rings. The minimum absolute atomic E-state index is 0.0190. The second kappa shape index (κ2) is 9.64. The van der Waals surface area contributed by atoms with Crippen molar-refractivity contribution in [2.75, 3.05) is 7.11 Å². The number of esters is 3. The predicted molar refractivity (Wildman–Crippen MR) is 168 cm³/mol. The van der Waals surface area contributed by atoms with Crippen LogP contribution in [-0.4, -0.2) is 75.8 Å². The number of cyclic esters (lactones) is 1. The molecule has 4 heterocycles. The first-order valence-corrected chi connectivity index (χ1v) is 17.4. The zero-order valence-corrected chi connectivity index (χ0v) is 29.3. The van der Waals surface area contributed by atoms with Gasteiger partial charge in [-0.2, -0.15) is 0 Å². The second-order valence-electron chi connectivity index (χ2n) is 16.2. The fraction of sp³-hybridized carbons (Fsp3) is 0.703. The van der Waals surface area contributed by atoms with Crippen molar-refractivity contribution in [2.45, 2.75) is 127 Å². The normalized spacial score (nSPS) is 50.7. The monoisotopic (exact) mass is 682 g/mol. The molecule has 0 radical (unpaired) electrons. The maximum absolute atomic E-state index is 13.7. The van der Waals surface area contributed by atoms with Crippen molar-refractivity contribution in [3.63, 3.8) is 0 Å². The summed E-state index contributed by atoms with van der Waals surface area (Å²) < 4.78 is 44.4. The van der Waals surface area contributed by atoms with E-state index in [1.165, 1.54) is 19.4 Å². The van der Waals surface area contributed by atoms with E-state index in [1.54, 1.807) is 32.3 Å². The number of hydrogen-bond acceptors (Lipinski definition) is 12. The quantitative estimate of drug-likeness (QED) is 0.240. The molecule has 13 atom stereocenters. The number of hydrogen-bond donors (Lipinski definition) is 2. The van der Waals surface area contributed by atoms with Gasteiger partial charge in [-0.3, -0.25) is 4.79 Å². The van der Waals surface area contributed by atoms with Gasteiger partial charge in [0.1, 0.15) is 29.5 Å². The van der Waals surface area contributed by atoms with Gasteiger partial charge in [-0.1, -0.05) is 40.7 Å². The highest BCUT2D eigenvalue weighted by atomic mass is 17.0. The number of ether oxygens (including phenoxy) is 6. The second-order valence-corrected chi connectivity index (χ2v) is 16.2. The molecule has 3 aliphatic heterocycles. The highest BCUT2D eigenvalue weighted by molar-refractivity contribution is 5.88. The van der Waals surface area contributed by atoms with Gasteiger partial charge in [0.05, 0.1) is 19.6 Å². The Bertz CT molecular complexity index is 1720.